The number of hydrogen-bond acceptors (Lipinski definition) is 2. The minimum Gasteiger partial charge on any atom is -0.484 e. The second kappa shape index (κ2) is 7.84. The molecule has 3 aromatic carbocycles. The summed E-state index contributed by atoms with van der Waals surface area (Å²) in [5.74, 6) is 1.15. The first kappa shape index (κ1) is 17.0. The smallest absolute Gasteiger partial charge is 0.262 e. The number of carbonyl (C=O) groups is 1. The van der Waals surface area contributed by atoms with E-state index in [-0.39, 0.29) is 12.5 Å². The second-order valence-electron chi connectivity index (χ2n) is 6.64. The van der Waals surface area contributed by atoms with Crippen molar-refractivity contribution in [2.24, 2.45) is 5.92 Å². The van der Waals surface area contributed by atoms with E-state index in [1.54, 1.807) is 0 Å². The number of anilines is 1. The highest BCUT2D eigenvalue weighted by molar-refractivity contribution is 5.92. The van der Waals surface area contributed by atoms with Crippen molar-refractivity contribution in [2.45, 2.75) is 20.3 Å². The summed E-state index contributed by atoms with van der Waals surface area (Å²) < 4.78 is 5.61. The quantitative estimate of drug-likeness (QED) is 0.685. The van der Waals surface area contributed by atoms with Crippen LogP contribution in [0.2, 0.25) is 0 Å². The van der Waals surface area contributed by atoms with Crippen LogP contribution in [-0.2, 0) is 11.2 Å². The van der Waals surface area contributed by atoms with Crippen LogP contribution >= 0.6 is 0 Å². The summed E-state index contributed by atoms with van der Waals surface area (Å²) in [6.07, 6.45) is 1.04. The molecule has 0 radical (unpaired) electrons. The van der Waals surface area contributed by atoms with Gasteiger partial charge >= 0.3 is 0 Å². The lowest BCUT2D eigenvalue weighted by Gasteiger charge is -2.09. The summed E-state index contributed by atoms with van der Waals surface area (Å²) in [5, 5.41) is 5.12. The molecule has 0 aromatic heterocycles. The SMILES string of the molecule is CC(C)Cc1ccc(NC(=O)COc2ccc3ccccc3c2)cc1. The molecular weight excluding hydrogens is 310 g/mol. The number of hydrogen-bond donors (Lipinski definition) is 1. The molecule has 0 unspecified atom stereocenters. The summed E-state index contributed by atoms with van der Waals surface area (Å²) in [6.45, 7) is 4.38. The number of ether oxygens (including phenoxy) is 1. The van der Waals surface area contributed by atoms with Gasteiger partial charge in [0.15, 0.2) is 6.61 Å². The van der Waals surface area contributed by atoms with Gasteiger partial charge in [-0.3, -0.25) is 4.79 Å². The molecule has 3 rings (SSSR count). The lowest BCUT2D eigenvalue weighted by atomic mass is 10.0. The van der Waals surface area contributed by atoms with Crippen LogP contribution in [0.15, 0.2) is 66.7 Å². The largest absolute Gasteiger partial charge is 0.484 e. The van der Waals surface area contributed by atoms with Gasteiger partial charge < -0.3 is 10.1 Å². The van der Waals surface area contributed by atoms with Crippen LogP contribution in [0, 0.1) is 5.92 Å². The van der Waals surface area contributed by atoms with Gasteiger partial charge in [0.05, 0.1) is 0 Å². The highest BCUT2D eigenvalue weighted by Crippen LogP contribution is 2.20. The van der Waals surface area contributed by atoms with Gasteiger partial charge in [0.25, 0.3) is 5.91 Å². The Morgan fingerprint density at radius 3 is 2.40 bits per heavy atom. The molecule has 0 saturated carbocycles. The molecule has 3 aromatic rings. The fourth-order valence-electron chi connectivity index (χ4n) is 2.80. The Kier molecular flexibility index (Phi) is 5.34. The molecule has 128 valence electrons. The Bertz CT molecular complexity index is 853. The summed E-state index contributed by atoms with van der Waals surface area (Å²) in [6, 6.07) is 21.9. The van der Waals surface area contributed by atoms with Crippen molar-refractivity contribution in [1.82, 2.24) is 0 Å². The molecule has 0 fully saturated rings. The predicted octanol–water partition coefficient (Wildman–Crippen LogP) is 5.06. The zero-order chi connectivity index (χ0) is 17.6. The van der Waals surface area contributed by atoms with Gasteiger partial charge in [-0.15, -0.1) is 0 Å². The maximum atomic E-state index is 12.1. The number of carbonyl (C=O) groups excluding carboxylic acids is 1. The van der Waals surface area contributed by atoms with Gasteiger partial charge in [-0.05, 0) is 52.9 Å². The number of benzene rings is 3. The highest BCUT2D eigenvalue weighted by atomic mass is 16.5. The fourth-order valence-corrected chi connectivity index (χ4v) is 2.80. The van der Waals surface area contributed by atoms with Crippen molar-refractivity contribution < 1.29 is 9.53 Å². The maximum Gasteiger partial charge on any atom is 0.262 e. The number of amides is 1. The minimum atomic E-state index is -0.162. The summed E-state index contributed by atoms with van der Waals surface area (Å²) in [5.41, 5.74) is 2.07. The Morgan fingerprint density at radius 2 is 1.68 bits per heavy atom. The normalized spacial score (nSPS) is 10.8. The molecule has 0 aliphatic rings. The van der Waals surface area contributed by atoms with Crippen LogP contribution in [0.4, 0.5) is 5.69 Å². The van der Waals surface area contributed by atoms with Gasteiger partial charge in [0.1, 0.15) is 5.75 Å². The lowest BCUT2D eigenvalue weighted by Crippen LogP contribution is -2.20. The molecular formula is C22H23NO2. The molecule has 0 heterocycles. The minimum absolute atomic E-state index is 0.00785. The van der Waals surface area contributed by atoms with E-state index < -0.39 is 0 Å². The van der Waals surface area contributed by atoms with E-state index in [0.29, 0.717) is 11.7 Å². The molecule has 0 atom stereocenters. The van der Waals surface area contributed by atoms with Crippen LogP contribution in [-0.4, -0.2) is 12.5 Å². The zero-order valence-electron chi connectivity index (χ0n) is 14.7. The monoisotopic (exact) mass is 333 g/mol. The zero-order valence-corrected chi connectivity index (χ0v) is 14.7. The molecule has 0 spiro atoms. The van der Waals surface area contributed by atoms with Crippen molar-refractivity contribution in [3.63, 3.8) is 0 Å². The van der Waals surface area contributed by atoms with Gasteiger partial charge in [-0.1, -0.05) is 56.3 Å². The first-order valence-electron chi connectivity index (χ1n) is 8.60. The standard InChI is InChI=1S/C22H23NO2/c1-16(2)13-17-7-10-20(11-8-17)23-22(24)15-25-21-12-9-18-5-3-4-6-19(18)14-21/h3-12,14,16H,13,15H2,1-2H3,(H,23,24). The van der Waals surface area contributed by atoms with Crippen LogP contribution in [0.25, 0.3) is 10.8 Å². The molecule has 0 aliphatic heterocycles. The third-order valence-corrected chi connectivity index (χ3v) is 3.97. The Balaban J connectivity index is 1.55. The van der Waals surface area contributed by atoms with Crippen molar-refractivity contribution in [3.05, 3.63) is 72.3 Å². The van der Waals surface area contributed by atoms with Gasteiger partial charge in [-0.25, -0.2) is 0 Å². The highest BCUT2D eigenvalue weighted by Gasteiger charge is 2.05. The second-order valence-corrected chi connectivity index (χ2v) is 6.64. The van der Waals surface area contributed by atoms with E-state index in [2.05, 4.69) is 37.4 Å². The summed E-state index contributed by atoms with van der Waals surface area (Å²) >= 11 is 0. The van der Waals surface area contributed by atoms with Gasteiger partial charge in [0, 0.05) is 5.69 Å². The lowest BCUT2D eigenvalue weighted by molar-refractivity contribution is -0.118. The van der Waals surface area contributed by atoms with Gasteiger partial charge in [-0.2, -0.15) is 0 Å². The molecule has 3 heteroatoms. The molecule has 0 aliphatic carbocycles. The Labute approximate surface area is 148 Å². The van der Waals surface area contributed by atoms with E-state index in [1.165, 1.54) is 5.56 Å². The Morgan fingerprint density at radius 1 is 0.960 bits per heavy atom. The van der Waals surface area contributed by atoms with E-state index in [4.69, 9.17) is 4.74 Å². The van der Waals surface area contributed by atoms with Crippen LogP contribution < -0.4 is 10.1 Å². The number of nitrogens with one attached hydrogen (secondary N) is 1. The predicted molar refractivity (Wildman–Crippen MR) is 103 cm³/mol. The molecule has 0 bridgehead atoms. The van der Waals surface area contributed by atoms with Crippen molar-refractivity contribution >= 4 is 22.4 Å². The van der Waals surface area contributed by atoms with Crippen molar-refractivity contribution in [3.8, 4) is 5.75 Å². The van der Waals surface area contributed by atoms with Crippen LogP contribution in [0.3, 0.4) is 0 Å². The molecule has 3 nitrogen and oxygen atoms in total. The summed E-state index contributed by atoms with van der Waals surface area (Å²) in [7, 11) is 0. The molecule has 1 amide bonds. The fraction of sp³-hybridized carbons (Fsp3) is 0.227. The van der Waals surface area contributed by atoms with Crippen LogP contribution in [0.5, 0.6) is 5.75 Å². The molecule has 0 saturated heterocycles. The number of rotatable bonds is 6. The average Bonchev–Trinajstić information content (AvgIpc) is 2.61. The van der Waals surface area contributed by atoms with E-state index in [0.717, 1.165) is 22.9 Å². The van der Waals surface area contributed by atoms with E-state index >= 15 is 0 Å². The van der Waals surface area contributed by atoms with E-state index in [9.17, 15) is 4.79 Å². The molecule has 1 N–H and O–H groups in total. The average molecular weight is 333 g/mol. The van der Waals surface area contributed by atoms with Gasteiger partial charge in [0.2, 0.25) is 0 Å². The van der Waals surface area contributed by atoms with Crippen molar-refractivity contribution in [2.75, 3.05) is 11.9 Å². The third-order valence-electron chi connectivity index (χ3n) is 3.97. The summed E-state index contributed by atoms with van der Waals surface area (Å²) in [4.78, 5) is 12.1. The molecule has 25 heavy (non-hydrogen) atoms. The third kappa shape index (κ3) is 4.83. The topological polar surface area (TPSA) is 38.3 Å². The number of fused-ring (bicyclic) bond motifs is 1. The first-order chi connectivity index (χ1) is 12.1. The Hall–Kier alpha value is -2.81. The van der Waals surface area contributed by atoms with Crippen LogP contribution in [0.1, 0.15) is 19.4 Å². The van der Waals surface area contributed by atoms with Crippen molar-refractivity contribution in [1.29, 1.82) is 0 Å². The first-order valence-corrected chi connectivity index (χ1v) is 8.60. The van der Waals surface area contributed by atoms with E-state index in [1.807, 2.05) is 48.5 Å². The maximum absolute atomic E-state index is 12.1.